The molecule has 0 saturated carbocycles. The first-order valence-electron chi connectivity index (χ1n) is 3.97. The van der Waals surface area contributed by atoms with E-state index in [1.54, 1.807) is 4.90 Å². The lowest BCUT2D eigenvalue weighted by molar-refractivity contribution is -0.130. The molecule has 1 saturated heterocycles. The lowest BCUT2D eigenvalue weighted by atomic mass is 10.2. The van der Waals surface area contributed by atoms with E-state index >= 15 is 0 Å². The van der Waals surface area contributed by atoms with Gasteiger partial charge in [0.25, 0.3) is 0 Å². The van der Waals surface area contributed by atoms with E-state index < -0.39 is 0 Å². The van der Waals surface area contributed by atoms with Crippen LogP contribution < -0.4 is 0 Å². The van der Waals surface area contributed by atoms with E-state index in [1.165, 1.54) is 0 Å². The van der Waals surface area contributed by atoms with Gasteiger partial charge in [-0.05, 0) is 19.8 Å². The molecule has 0 spiro atoms. The number of carbonyl (C=O) groups is 1. The van der Waals surface area contributed by atoms with Gasteiger partial charge in [-0.1, -0.05) is 0 Å². The van der Waals surface area contributed by atoms with Gasteiger partial charge >= 0.3 is 0 Å². The van der Waals surface area contributed by atoms with Gasteiger partial charge in [-0.2, -0.15) is 5.26 Å². The average Bonchev–Trinajstić information content (AvgIpc) is 2.45. The summed E-state index contributed by atoms with van der Waals surface area (Å²) in [5, 5.41) is 8.71. The van der Waals surface area contributed by atoms with E-state index in [0.717, 1.165) is 12.8 Å². The van der Waals surface area contributed by atoms with E-state index in [-0.39, 0.29) is 23.9 Å². The first-order chi connectivity index (χ1) is 5.70. The van der Waals surface area contributed by atoms with Gasteiger partial charge in [-0.25, -0.2) is 0 Å². The molecular formula is C8H11ClN2O. The minimum absolute atomic E-state index is 0.0253. The zero-order valence-electron chi connectivity index (χ0n) is 6.96. The summed E-state index contributed by atoms with van der Waals surface area (Å²) < 4.78 is 0. The Labute approximate surface area is 76.9 Å². The second-order valence-electron chi connectivity index (χ2n) is 3.01. The van der Waals surface area contributed by atoms with E-state index in [0.29, 0.717) is 0 Å². The first kappa shape index (κ1) is 9.34. The summed E-state index contributed by atoms with van der Waals surface area (Å²) in [6.07, 6.45) is 1.68. The quantitative estimate of drug-likeness (QED) is 0.577. The van der Waals surface area contributed by atoms with Crippen LogP contribution in [0.1, 0.15) is 19.8 Å². The third-order valence-corrected chi connectivity index (χ3v) is 2.45. The highest BCUT2D eigenvalue weighted by Crippen LogP contribution is 2.23. The van der Waals surface area contributed by atoms with Crippen LogP contribution in [0.5, 0.6) is 0 Å². The van der Waals surface area contributed by atoms with Gasteiger partial charge in [0.05, 0.1) is 6.07 Å². The lowest BCUT2D eigenvalue weighted by Gasteiger charge is -2.23. The number of rotatable bonds is 1. The summed E-state index contributed by atoms with van der Waals surface area (Å²) >= 11 is 5.42. The summed E-state index contributed by atoms with van der Waals surface area (Å²) in [5.41, 5.74) is 0. The summed E-state index contributed by atoms with van der Waals surface area (Å²) in [7, 11) is 0. The maximum absolute atomic E-state index is 11.2. The van der Waals surface area contributed by atoms with E-state index in [9.17, 15) is 4.79 Å². The Balaban J connectivity index is 2.71. The molecule has 2 unspecified atom stereocenters. The molecule has 0 aromatic carbocycles. The van der Waals surface area contributed by atoms with Crippen molar-refractivity contribution in [3.05, 3.63) is 0 Å². The highest BCUT2D eigenvalue weighted by atomic mass is 35.5. The molecule has 1 heterocycles. The number of alkyl halides is 1. The predicted octanol–water partition coefficient (Wildman–Crippen LogP) is 1.13. The molecule has 1 fully saturated rings. The van der Waals surface area contributed by atoms with E-state index in [1.807, 2.05) is 6.92 Å². The third kappa shape index (κ3) is 1.54. The fourth-order valence-corrected chi connectivity index (χ4v) is 1.74. The number of amides is 1. The summed E-state index contributed by atoms with van der Waals surface area (Å²) in [4.78, 5) is 12.8. The van der Waals surface area contributed by atoms with Gasteiger partial charge < -0.3 is 4.90 Å². The Morgan fingerprint density at radius 3 is 2.92 bits per heavy atom. The topological polar surface area (TPSA) is 44.1 Å². The zero-order chi connectivity index (χ0) is 9.14. The van der Waals surface area contributed by atoms with Crippen molar-refractivity contribution < 1.29 is 4.79 Å². The molecule has 1 aliphatic rings. The summed E-state index contributed by atoms with van der Waals surface area (Å²) in [6.45, 7) is 1.95. The highest BCUT2D eigenvalue weighted by Gasteiger charge is 2.33. The monoisotopic (exact) mass is 186 g/mol. The van der Waals surface area contributed by atoms with Crippen molar-refractivity contribution in [2.75, 3.05) is 5.88 Å². The van der Waals surface area contributed by atoms with Crippen molar-refractivity contribution in [2.45, 2.75) is 31.8 Å². The molecule has 1 aliphatic heterocycles. The number of halogens is 1. The molecule has 3 nitrogen and oxygen atoms in total. The van der Waals surface area contributed by atoms with E-state index in [2.05, 4.69) is 6.07 Å². The van der Waals surface area contributed by atoms with E-state index in [4.69, 9.17) is 16.9 Å². The number of nitriles is 1. The first-order valence-corrected chi connectivity index (χ1v) is 4.51. The molecule has 0 bridgehead atoms. The number of likely N-dealkylation sites (tertiary alicyclic amines) is 1. The molecule has 0 aliphatic carbocycles. The van der Waals surface area contributed by atoms with Crippen molar-refractivity contribution in [3.8, 4) is 6.07 Å². The molecular weight excluding hydrogens is 176 g/mol. The molecule has 12 heavy (non-hydrogen) atoms. The van der Waals surface area contributed by atoms with Gasteiger partial charge in [0.15, 0.2) is 0 Å². The number of hydrogen-bond donors (Lipinski definition) is 0. The third-order valence-electron chi connectivity index (χ3n) is 2.22. The highest BCUT2D eigenvalue weighted by molar-refractivity contribution is 6.27. The van der Waals surface area contributed by atoms with Gasteiger partial charge in [-0.15, -0.1) is 11.6 Å². The van der Waals surface area contributed by atoms with Crippen LogP contribution in [-0.2, 0) is 4.79 Å². The summed E-state index contributed by atoms with van der Waals surface area (Å²) in [6, 6.07) is 2.02. The summed E-state index contributed by atoms with van der Waals surface area (Å²) in [5.74, 6) is -0.157. The van der Waals surface area contributed by atoms with Crippen LogP contribution >= 0.6 is 11.6 Å². The Morgan fingerprint density at radius 2 is 2.42 bits per heavy atom. The average molecular weight is 187 g/mol. The maximum Gasteiger partial charge on any atom is 0.238 e. The smallest absolute Gasteiger partial charge is 0.238 e. The van der Waals surface area contributed by atoms with Gasteiger partial charge in [0.2, 0.25) is 5.91 Å². The fraction of sp³-hybridized carbons (Fsp3) is 0.750. The standard InChI is InChI=1S/C8H11ClN2O/c1-6-2-3-7(5-10)11(6)8(12)4-9/h6-7H,2-4H2,1H3. The van der Waals surface area contributed by atoms with Crippen molar-refractivity contribution >= 4 is 17.5 Å². The van der Waals surface area contributed by atoms with Crippen molar-refractivity contribution in [3.63, 3.8) is 0 Å². The fourth-order valence-electron chi connectivity index (χ4n) is 1.60. The molecule has 0 N–H and O–H groups in total. The number of nitrogens with zero attached hydrogens (tertiary/aromatic N) is 2. The Kier molecular flexibility index (Phi) is 2.93. The zero-order valence-corrected chi connectivity index (χ0v) is 7.71. The molecule has 0 aromatic heterocycles. The number of carbonyl (C=O) groups excluding carboxylic acids is 1. The van der Waals surface area contributed by atoms with Gasteiger partial charge in [-0.3, -0.25) is 4.79 Å². The van der Waals surface area contributed by atoms with Crippen molar-refractivity contribution in [1.82, 2.24) is 4.90 Å². The van der Waals surface area contributed by atoms with Crippen LogP contribution in [0, 0.1) is 11.3 Å². The van der Waals surface area contributed by atoms with Crippen LogP contribution in [-0.4, -0.2) is 28.8 Å². The van der Waals surface area contributed by atoms with Crippen LogP contribution in [0.2, 0.25) is 0 Å². The van der Waals surface area contributed by atoms with Crippen molar-refractivity contribution in [2.24, 2.45) is 0 Å². The van der Waals surface area contributed by atoms with Crippen molar-refractivity contribution in [1.29, 1.82) is 5.26 Å². The largest absolute Gasteiger partial charge is 0.323 e. The number of hydrogen-bond acceptors (Lipinski definition) is 2. The second-order valence-corrected chi connectivity index (χ2v) is 3.27. The predicted molar refractivity (Wildman–Crippen MR) is 45.7 cm³/mol. The Bertz CT molecular complexity index is 224. The van der Waals surface area contributed by atoms with Crippen LogP contribution in [0.25, 0.3) is 0 Å². The van der Waals surface area contributed by atoms with Gasteiger partial charge in [0.1, 0.15) is 11.9 Å². The molecule has 0 aromatic rings. The van der Waals surface area contributed by atoms with Crippen LogP contribution in [0.15, 0.2) is 0 Å². The maximum atomic E-state index is 11.2. The Hall–Kier alpha value is -0.750. The van der Waals surface area contributed by atoms with Crippen LogP contribution in [0.3, 0.4) is 0 Å². The minimum Gasteiger partial charge on any atom is -0.323 e. The normalized spacial score (nSPS) is 28.6. The molecule has 1 amide bonds. The lowest BCUT2D eigenvalue weighted by Crippen LogP contribution is -2.40. The minimum atomic E-state index is -0.258. The molecule has 4 heteroatoms. The SMILES string of the molecule is CC1CCC(C#N)N1C(=O)CCl. The molecule has 0 radical (unpaired) electrons. The molecule has 66 valence electrons. The molecule has 1 rings (SSSR count). The Morgan fingerprint density at radius 1 is 1.75 bits per heavy atom. The molecule has 2 atom stereocenters. The van der Waals surface area contributed by atoms with Gasteiger partial charge in [0, 0.05) is 6.04 Å². The second kappa shape index (κ2) is 3.77. The van der Waals surface area contributed by atoms with Crippen LogP contribution in [0.4, 0.5) is 0 Å².